The van der Waals surface area contributed by atoms with Gasteiger partial charge in [0.05, 0.1) is 0 Å². The minimum absolute atomic E-state index is 0.167. The first-order chi connectivity index (χ1) is 12.7. The molecule has 1 aliphatic rings. The first-order valence-electron chi connectivity index (χ1n) is 9.27. The van der Waals surface area contributed by atoms with Gasteiger partial charge >= 0.3 is 0 Å². The number of para-hydroxylation sites is 1. The van der Waals surface area contributed by atoms with E-state index in [1.54, 1.807) is 6.08 Å². The van der Waals surface area contributed by atoms with E-state index < -0.39 is 0 Å². The topological polar surface area (TPSA) is 57.8 Å². The highest BCUT2D eigenvalue weighted by Crippen LogP contribution is 2.28. The lowest BCUT2D eigenvalue weighted by Gasteiger charge is -2.22. The van der Waals surface area contributed by atoms with Gasteiger partial charge in [0.15, 0.2) is 0 Å². The number of rotatable bonds is 5. The largest absolute Gasteiger partial charge is 0.349 e. The highest BCUT2D eigenvalue weighted by Gasteiger charge is 2.19. The molecule has 1 saturated carbocycles. The monoisotopic (exact) mass is 347 g/mol. The van der Waals surface area contributed by atoms with Gasteiger partial charge in [-0.05, 0) is 31.9 Å². The average Bonchev–Trinajstić information content (AvgIpc) is 2.92. The number of hydrogen-bond donors (Lipinski definition) is 1. The molecular weight excluding hydrogens is 322 g/mol. The second-order valence-corrected chi connectivity index (χ2v) is 6.89. The van der Waals surface area contributed by atoms with E-state index in [0.29, 0.717) is 6.54 Å². The minimum Gasteiger partial charge on any atom is -0.349 e. The zero-order valence-corrected chi connectivity index (χ0v) is 15.3. The molecule has 0 bridgehead atoms. The fraction of sp³-hybridized carbons (Fsp3) is 0.364. The van der Waals surface area contributed by atoms with Crippen molar-refractivity contribution < 1.29 is 4.79 Å². The van der Waals surface area contributed by atoms with E-state index in [0.717, 1.165) is 47.8 Å². The molecule has 4 nitrogen and oxygen atoms in total. The number of carbonyl (C=O) groups excluding carboxylic acids is 1. The second kappa shape index (κ2) is 8.05. The summed E-state index contributed by atoms with van der Waals surface area (Å²) in [7, 11) is 0. The lowest BCUT2D eigenvalue weighted by molar-refractivity contribution is -0.117. The Balaban J connectivity index is 1.96. The highest BCUT2D eigenvalue weighted by atomic mass is 16.1. The first kappa shape index (κ1) is 18.0. The van der Waals surface area contributed by atoms with Crippen LogP contribution in [0.25, 0.3) is 17.0 Å². The minimum atomic E-state index is -0.264. The quantitative estimate of drug-likeness (QED) is 0.492. The third kappa shape index (κ3) is 3.57. The molecule has 0 unspecified atom stereocenters. The SMILES string of the molecule is C=CCn1c(C)c(/C=C(\C#N)C(=O)NC2CCCCC2)c2ccccc21. The van der Waals surface area contributed by atoms with E-state index in [4.69, 9.17) is 0 Å². The summed E-state index contributed by atoms with van der Waals surface area (Å²) < 4.78 is 2.15. The Bertz CT molecular complexity index is 892. The Hall–Kier alpha value is -2.80. The van der Waals surface area contributed by atoms with Crippen LogP contribution in [0.4, 0.5) is 0 Å². The molecule has 1 aromatic heterocycles. The maximum absolute atomic E-state index is 12.6. The average molecular weight is 347 g/mol. The van der Waals surface area contributed by atoms with Crippen LogP contribution in [0.5, 0.6) is 0 Å². The number of amides is 1. The van der Waals surface area contributed by atoms with Crippen molar-refractivity contribution in [1.82, 2.24) is 9.88 Å². The van der Waals surface area contributed by atoms with E-state index in [9.17, 15) is 10.1 Å². The number of benzene rings is 1. The van der Waals surface area contributed by atoms with Crippen molar-refractivity contribution in [2.45, 2.75) is 51.6 Å². The molecule has 1 fully saturated rings. The van der Waals surface area contributed by atoms with Gasteiger partial charge in [-0.2, -0.15) is 5.26 Å². The molecular formula is C22H25N3O. The lowest BCUT2D eigenvalue weighted by atomic mass is 9.95. The van der Waals surface area contributed by atoms with Crippen molar-refractivity contribution in [3.8, 4) is 6.07 Å². The number of aromatic nitrogens is 1. The normalized spacial score (nSPS) is 15.6. The molecule has 1 heterocycles. The summed E-state index contributed by atoms with van der Waals surface area (Å²) in [6.45, 7) is 6.54. The number of nitrogens with zero attached hydrogens (tertiary/aromatic N) is 2. The number of hydrogen-bond acceptors (Lipinski definition) is 2. The molecule has 0 radical (unpaired) electrons. The van der Waals surface area contributed by atoms with Gasteiger partial charge in [0.1, 0.15) is 11.6 Å². The third-order valence-electron chi connectivity index (χ3n) is 5.19. The Morgan fingerprint density at radius 3 is 2.77 bits per heavy atom. The molecule has 26 heavy (non-hydrogen) atoms. The van der Waals surface area contributed by atoms with Gasteiger partial charge < -0.3 is 9.88 Å². The Kier molecular flexibility index (Phi) is 5.58. The number of nitrogens with one attached hydrogen (secondary N) is 1. The van der Waals surface area contributed by atoms with E-state index in [1.165, 1.54) is 6.42 Å². The Morgan fingerprint density at radius 2 is 2.08 bits per heavy atom. The van der Waals surface area contributed by atoms with E-state index >= 15 is 0 Å². The molecule has 1 aromatic carbocycles. The van der Waals surface area contributed by atoms with E-state index in [2.05, 4.69) is 28.6 Å². The van der Waals surface area contributed by atoms with E-state index in [1.807, 2.05) is 31.2 Å². The van der Waals surface area contributed by atoms with Crippen LogP contribution in [-0.4, -0.2) is 16.5 Å². The summed E-state index contributed by atoms with van der Waals surface area (Å²) in [5.41, 5.74) is 3.21. The van der Waals surface area contributed by atoms with Gasteiger partial charge in [-0.3, -0.25) is 4.79 Å². The molecule has 1 amide bonds. The summed E-state index contributed by atoms with van der Waals surface area (Å²) in [6, 6.07) is 10.3. The summed E-state index contributed by atoms with van der Waals surface area (Å²) in [6.07, 6.45) is 9.11. The summed E-state index contributed by atoms with van der Waals surface area (Å²) in [5, 5.41) is 13.6. The van der Waals surface area contributed by atoms with Gasteiger partial charge in [0, 0.05) is 34.7 Å². The molecule has 3 rings (SSSR count). The molecule has 4 heteroatoms. The van der Waals surface area contributed by atoms with Crippen molar-refractivity contribution >= 4 is 22.9 Å². The predicted octanol–water partition coefficient (Wildman–Crippen LogP) is 4.49. The molecule has 1 aliphatic carbocycles. The van der Waals surface area contributed by atoms with Crippen LogP contribution < -0.4 is 5.32 Å². The third-order valence-corrected chi connectivity index (χ3v) is 5.19. The van der Waals surface area contributed by atoms with Crippen LogP contribution in [0.3, 0.4) is 0 Å². The maximum Gasteiger partial charge on any atom is 0.262 e. The Morgan fingerprint density at radius 1 is 1.35 bits per heavy atom. The van der Waals surface area contributed by atoms with Gasteiger partial charge in [-0.25, -0.2) is 0 Å². The van der Waals surface area contributed by atoms with Gasteiger partial charge in [-0.1, -0.05) is 43.5 Å². The molecule has 1 N–H and O–H groups in total. The fourth-order valence-corrected chi connectivity index (χ4v) is 3.81. The first-order valence-corrected chi connectivity index (χ1v) is 9.27. The van der Waals surface area contributed by atoms with Gasteiger partial charge in [-0.15, -0.1) is 6.58 Å². The smallest absolute Gasteiger partial charge is 0.262 e. The fourth-order valence-electron chi connectivity index (χ4n) is 3.81. The standard InChI is InChI=1S/C22H25N3O/c1-3-13-25-16(2)20(19-11-7-8-12-21(19)25)14-17(15-23)22(26)24-18-9-5-4-6-10-18/h3,7-8,11-12,14,18H,1,4-6,9-10,13H2,2H3,(H,24,26)/b17-14+. The number of nitriles is 1. The molecule has 2 aromatic rings. The van der Waals surface area contributed by atoms with Crippen LogP contribution in [0, 0.1) is 18.3 Å². The van der Waals surface area contributed by atoms with Crippen molar-refractivity contribution in [3.63, 3.8) is 0 Å². The van der Waals surface area contributed by atoms with Crippen LogP contribution in [0.15, 0.2) is 42.5 Å². The molecule has 0 aliphatic heterocycles. The highest BCUT2D eigenvalue weighted by molar-refractivity contribution is 6.04. The summed E-state index contributed by atoms with van der Waals surface area (Å²) in [5.74, 6) is -0.264. The molecule has 0 saturated heterocycles. The molecule has 0 spiro atoms. The van der Waals surface area contributed by atoms with Crippen LogP contribution >= 0.6 is 0 Å². The van der Waals surface area contributed by atoms with E-state index in [-0.39, 0.29) is 17.5 Å². The summed E-state index contributed by atoms with van der Waals surface area (Å²) in [4.78, 5) is 12.6. The number of fused-ring (bicyclic) bond motifs is 1. The van der Waals surface area contributed by atoms with Crippen molar-refractivity contribution in [3.05, 3.63) is 53.8 Å². The molecule has 0 atom stereocenters. The second-order valence-electron chi connectivity index (χ2n) is 6.89. The number of carbonyl (C=O) groups is 1. The van der Waals surface area contributed by atoms with Crippen molar-refractivity contribution in [1.29, 1.82) is 5.26 Å². The number of allylic oxidation sites excluding steroid dienone is 1. The van der Waals surface area contributed by atoms with Crippen molar-refractivity contribution in [2.24, 2.45) is 0 Å². The predicted molar refractivity (Wildman–Crippen MR) is 105 cm³/mol. The Labute approximate surface area is 154 Å². The van der Waals surface area contributed by atoms with Gasteiger partial charge in [0.25, 0.3) is 5.91 Å². The zero-order chi connectivity index (χ0) is 18.5. The van der Waals surface area contributed by atoms with Crippen LogP contribution in [0.1, 0.15) is 43.4 Å². The molecule has 134 valence electrons. The lowest BCUT2D eigenvalue weighted by Crippen LogP contribution is -2.36. The van der Waals surface area contributed by atoms with Crippen LogP contribution in [-0.2, 0) is 11.3 Å². The van der Waals surface area contributed by atoms with Gasteiger partial charge in [0.2, 0.25) is 0 Å². The zero-order valence-electron chi connectivity index (χ0n) is 15.3. The van der Waals surface area contributed by atoms with Crippen molar-refractivity contribution in [2.75, 3.05) is 0 Å². The van der Waals surface area contributed by atoms with Crippen LogP contribution in [0.2, 0.25) is 0 Å². The summed E-state index contributed by atoms with van der Waals surface area (Å²) >= 11 is 0. The maximum atomic E-state index is 12.6.